The van der Waals surface area contributed by atoms with Crippen LogP contribution in [0.15, 0.2) is 0 Å². The number of carbonyl (C=O) groups is 1. The molecule has 5 nitrogen and oxygen atoms in total. The molecule has 0 aliphatic heterocycles. The highest BCUT2D eigenvalue weighted by Gasteiger charge is 2.11. The molecule has 0 aromatic heterocycles. The Balaban J connectivity index is 3.37. The van der Waals surface area contributed by atoms with Gasteiger partial charge in [-0.15, -0.1) is 0 Å². The molecule has 0 aliphatic rings. The first kappa shape index (κ1) is 11.7. The van der Waals surface area contributed by atoms with Gasteiger partial charge in [-0.2, -0.15) is 11.8 Å². The molecule has 0 fully saturated rings. The Morgan fingerprint density at radius 2 is 2.08 bits per heavy atom. The summed E-state index contributed by atoms with van der Waals surface area (Å²) in [6.07, 6.45) is -0.795. The molecule has 12 heavy (non-hydrogen) atoms. The third-order valence-corrected chi connectivity index (χ3v) is 2.35. The van der Waals surface area contributed by atoms with E-state index < -0.39 is 18.1 Å². The zero-order valence-electron chi connectivity index (χ0n) is 6.51. The van der Waals surface area contributed by atoms with Crippen molar-refractivity contribution in [2.75, 3.05) is 18.1 Å². The lowest BCUT2D eigenvalue weighted by Crippen LogP contribution is -2.33. The third kappa shape index (κ3) is 5.36. The first-order valence-electron chi connectivity index (χ1n) is 3.43. The molecule has 5 N–H and O–H groups in total. The van der Waals surface area contributed by atoms with Crippen LogP contribution in [0.5, 0.6) is 0 Å². The van der Waals surface area contributed by atoms with Gasteiger partial charge in [-0.1, -0.05) is 0 Å². The van der Waals surface area contributed by atoms with Crippen molar-refractivity contribution >= 4 is 17.7 Å². The largest absolute Gasteiger partial charge is 0.480 e. The van der Waals surface area contributed by atoms with Gasteiger partial charge < -0.3 is 21.1 Å². The SMILES string of the molecule is N[C@@H](CSC[C@H](O)CO)C(=O)O. The molecule has 0 amide bonds. The highest BCUT2D eigenvalue weighted by molar-refractivity contribution is 7.99. The molecular weight excluding hydrogens is 182 g/mol. The molecule has 0 aromatic carbocycles. The van der Waals surface area contributed by atoms with E-state index in [4.69, 9.17) is 21.1 Å². The number of thioether (sulfide) groups is 1. The fourth-order valence-corrected chi connectivity index (χ4v) is 1.37. The summed E-state index contributed by atoms with van der Waals surface area (Å²) in [6.45, 7) is -0.310. The molecule has 2 atom stereocenters. The fourth-order valence-electron chi connectivity index (χ4n) is 0.455. The van der Waals surface area contributed by atoms with E-state index in [1.165, 1.54) is 11.8 Å². The van der Waals surface area contributed by atoms with E-state index in [2.05, 4.69) is 0 Å². The number of carboxylic acids is 1. The van der Waals surface area contributed by atoms with Gasteiger partial charge in [0.15, 0.2) is 0 Å². The minimum absolute atomic E-state index is 0.242. The van der Waals surface area contributed by atoms with Crippen molar-refractivity contribution in [2.24, 2.45) is 5.73 Å². The second kappa shape index (κ2) is 6.24. The Morgan fingerprint density at radius 1 is 1.50 bits per heavy atom. The maximum absolute atomic E-state index is 10.2. The Morgan fingerprint density at radius 3 is 2.50 bits per heavy atom. The standard InChI is InChI=1S/C6H13NO4S/c7-5(6(10)11)3-12-2-4(9)1-8/h4-5,8-9H,1-3,7H2,(H,10,11)/t4-,5+/m1/s1. The normalized spacial score (nSPS) is 15.6. The number of aliphatic hydroxyl groups is 2. The van der Waals surface area contributed by atoms with Crippen LogP contribution in [0.1, 0.15) is 0 Å². The summed E-state index contributed by atoms with van der Waals surface area (Å²) < 4.78 is 0. The predicted octanol–water partition coefficient (Wildman–Crippen LogP) is -1.52. The average Bonchev–Trinajstić information content (AvgIpc) is 2.03. The Bertz CT molecular complexity index is 144. The number of hydrogen-bond donors (Lipinski definition) is 4. The molecule has 0 rings (SSSR count). The molecule has 0 radical (unpaired) electrons. The number of aliphatic carboxylic acids is 1. The van der Waals surface area contributed by atoms with E-state index in [0.717, 1.165) is 0 Å². The maximum Gasteiger partial charge on any atom is 0.321 e. The molecule has 0 aliphatic carbocycles. The van der Waals surface area contributed by atoms with Crippen molar-refractivity contribution in [3.05, 3.63) is 0 Å². The lowest BCUT2D eigenvalue weighted by atomic mass is 10.4. The van der Waals surface area contributed by atoms with Crippen LogP contribution in [0.25, 0.3) is 0 Å². The summed E-state index contributed by atoms with van der Waals surface area (Å²) in [5, 5.41) is 25.6. The molecular formula is C6H13NO4S. The summed E-state index contributed by atoms with van der Waals surface area (Å²) in [7, 11) is 0. The molecule has 0 saturated carbocycles. The van der Waals surface area contributed by atoms with E-state index >= 15 is 0 Å². The van der Waals surface area contributed by atoms with Crippen molar-refractivity contribution in [2.45, 2.75) is 12.1 Å². The van der Waals surface area contributed by atoms with Crippen molar-refractivity contribution < 1.29 is 20.1 Å². The lowest BCUT2D eigenvalue weighted by molar-refractivity contribution is -0.137. The third-order valence-electron chi connectivity index (χ3n) is 1.14. The average molecular weight is 195 g/mol. The topological polar surface area (TPSA) is 104 Å². The van der Waals surface area contributed by atoms with Gasteiger partial charge in [0.1, 0.15) is 6.04 Å². The van der Waals surface area contributed by atoms with Gasteiger partial charge in [-0.25, -0.2) is 0 Å². The van der Waals surface area contributed by atoms with Crippen LogP contribution in [0.3, 0.4) is 0 Å². The van der Waals surface area contributed by atoms with Crippen LogP contribution in [0.2, 0.25) is 0 Å². The quantitative estimate of drug-likeness (QED) is 0.410. The summed E-state index contributed by atoms with van der Waals surface area (Å²) >= 11 is 1.21. The minimum Gasteiger partial charge on any atom is -0.480 e. The number of carboxylic acid groups (broad SMARTS) is 1. The van der Waals surface area contributed by atoms with E-state index in [9.17, 15) is 4.79 Å². The first-order chi connectivity index (χ1) is 5.57. The molecule has 0 aromatic rings. The highest BCUT2D eigenvalue weighted by atomic mass is 32.2. The minimum atomic E-state index is -1.05. The Kier molecular flexibility index (Phi) is 6.09. The zero-order valence-corrected chi connectivity index (χ0v) is 7.33. The highest BCUT2D eigenvalue weighted by Crippen LogP contribution is 2.03. The van der Waals surface area contributed by atoms with Crippen LogP contribution in [-0.4, -0.2) is 51.5 Å². The molecule has 0 unspecified atom stereocenters. The van der Waals surface area contributed by atoms with Crippen molar-refractivity contribution in [3.8, 4) is 0 Å². The van der Waals surface area contributed by atoms with Gasteiger partial charge in [0.2, 0.25) is 0 Å². The zero-order chi connectivity index (χ0) is 9.56. The summed E-state index contributed by atoms with van der Waals surface area (Å²) in [6, 6.07) is -0.902. The van der Waals surface area contributed by atoms with Gasteiger partial charge in [0, 0.05) is 11.5 Å². The molecule has 0 spiro atoms. The van der Waals surface area contributed by atoms with Crippen LogP contribution < -0.4 is 5.73 Å². The van der Waals surface area contributed by atoms with Gasteiger partial charge in [-0.3, -0.25) is 4.79 Å². The number of nitrogens with two attached hydrogens (primary N) is 1. The number of hydrogen-bond acceptors (Lipinski definition) is 5. The van der Waals surface area contributed by atoms with Gasteiger partial charge in [-0.05, 0) is 0 Å². The smallest absolute Gasteiger partial charge is 0.321 e. The van der Waals surface area contributed by atoms with E-state index in [0.29, 0.717) is 5.75 Å². The van der Waals surface area contributed by atoms with Gasteiger partial charge >= 0.3 is 5.97 Å². The lowest BCUT2D eigenvalue weighted by Gasteiger charge is -2.08. The number of aliphatic hydroxyl groups excluding tert-OH is 2. The first-order valence-corrected chi connectivity index (χ1v) is 4.58. The van der Waals surface area contributed by atoms with Crippen molar-refractivity contribution in [1.29, 1.82) is 0 Å². The summed E-state index contributed by atoms with van der Waals surface area (Å²) in [5.74, 6) is -0.509. The maximum atomic E-state index is 10.2. The van der Waals surface area contributed by atoms with Crippen LogP contribution in [0, 0.1) is 0 Å². The van der Waals surface area contributed by atoms with Crippen molar-refractivity contribution in [3.63, 3.8) is 0 Å². The predicted molar refractivity (Wildman–Crippen MR) is 46.0 cm³/mol. The van der Waals surface area contributed by atoms with Crippen LogP contribution in [0.4, 0.5) is 0 Å². The van der Waals surface area contributed by atoms with Crippen molar-refractivity contribution in [1.82, 2.24) is 0 Å². The van der Waals surface area contributed by atoms with Gasteiger partial charge in [0.05, 0.1) is 12.7 Å². The second-order valence-corrected chi connectivity index (χ2v) is 3.39. The summed E-state index contributed by atoms with van der Waals surface area (Å²) in [5.41, 5.74) is 5.18. The van der Waals surface area contributed by atoms with Crippen LogP contribution >= 0.6 is 11.8 Å². The summed E-state index contributed by atoms with van der Waals surface area (Å²) in [4.78, 5) is 10.2. The van der Waals surface area contributed by atoms with Crippen LogP contribution in [-0.2, 0) is 4.79 Å². The monoisotopic (exact) mass is 195 g/mol. The Labute approximate surface area is 74.6 Å². The number of rotatable bonds is 6. The molecule has 0 saturated heterocycles. The van der Waals surface area contributed by atoms with Gasteiger partial charge in [0.25, 0.3) is 0 Å². The molecule has 0 bridgehead atoms. The molecule has 0 heterocycles. The molecule has 72 valence electrons. The Hall–Kier alpha value is -0.300. The van der Waals surface area contributed by atoms with E-state index in [1.807, 2.05) is 0 Å². The van der Waals surface area contributed by atoms with E-state index in [-0.39, 0.29) is 12.4 Å². The fraction of sp³-hybridized carbons (Fsp3) is 0.833. The van der Waals surface area contributed by atoms with E-state index in [1.54, 1.807) is 0 Å². The molecule has 6 heteroatoms. The second-order valence-electron chi connectivity index (χ2n) is 2.32.